The average Bonchev–Trinajstić information content (AvgIpc) is 3.17. The molecule has 0 aliphatic heterocycles. The lowest BCUT2D eigenvalue weighted by Crippen LogP contribution is -2.34. The van der Waals surface area contributed by atoms with Crippen LogP contribution in [0.25, 0.3) is 0 Å². The van der Waals surface area contributed by atoms with Gasteiger partial charge in [-0.2, -0.15) is 0 Å². The summed E-state index contributed by atoms with van der Waals surface area (Å²) < 4.78 is 32.6. The monoisotopic (exact) mass is 810 g/mol. The van der Waals surface area contributed by atoms with Crippen molar-refractivity contribution >= 4 is 25.7 Å². The second kappa shape index (κ2) is 39.0. The van der Waals surface area contributed by atoms with E-state index in [0.717, 1.165) is 57.8 Å². The van der Waals surface area contributed by atoms with E-state index < -0.39 is 51.1 Å². The number of hydrogen-bond acceptors (Lipinski definition) is 9. The van der Waals surface area contributed by atoms with Crippen LogP contribution in [0.5, 0.6) is 0 Å². The summed E-state index contributed by atoms with van der Waals surface area (Å²) in [6.45, 7) is 2.61. The Morgan fingerprint density at radius 2 is 1.04 bits per heavy atom. The molecular weight excluding hydrogens is 733 g/mol. The number of carbonyl (C=O) groups excluding carboxylic acids is 2. The van der Waals surface area contributed by atoms with Crippen molar-refractivity contribution in [1.29, 1.82) is 0 Å². The van der Waals surface area contributed by atoms with Crippen LogP contribution < -0.4 is 5.73 Å². The number of ether oxygens (including phenoxy) is 2. The molecule has 11 nitrogen and oxygen atoms in total. The molecule has 56 heavy (non-hydrogen) atoms. The summed E-state index contributed by atoms with van der Waals surface area (Å²) in [5.41, 5.74) is 5.32. The van der Waals surface area contributed by atoms with Crippen molar-refractivity contribution in [2.45, 2.75) is 180 Å². The zero-order chi connectivity index (χ0) is 41.4. The molecule has 0 aromatic heterocycles. The highest BCUT2D eigenvalue weighted by Gasteiger charge is 2.28. The molecule has 0 heterocycles. The molecule has 0 fully saturated rings. The molecule has 2 unspecified atom stereocenters. The van der Waals surface area contributed by atoms with Crippen LogP contribution in [0.15, 0.2) is 60.8 Å². The van der Waals surface area contributed by atoms with E-state index in [4.69, 9.17) is 24.8 Å². The number of allylic oxidation sites excluding steroid dienone is 10. The van der Waals surface area contributed by atoms with Gasteiger partial charge in [0.1, 0.15) is 12.6 Å². The maximum Gasteiger partial charge on any atom is 0.472 e. The van der Waals surface area contributed by atoms with Crippen LogP contribution in [0.4, 0.5) is 0 Å². The first-order valence-electron chi connectivity index (χ1n) is 21.3. The van der Waals surface area contributed by atoms with E-state index in [2.05, 4.69) is 67.0 Å². The predicted octanol–water partition coefficient (Wildman–Crippen LogP) is 11.2. The van der Waals surface area contributed by atoms with Crippen LogP contribution >= 0.6 is 7.82 Å². The largest absolute Gasteiger partial charge is 0.480 e. The van der Waals surface area contributed by atoms with E-state index in [-0.39, 0.29) is 19.4 Å². The minimum Gasteiger partial charge on any atom is -0.480 e. The summed E-state index contributed by atoms with van der Waals surface area (Å²) in [6.07, 6.45) is 44.5. The normalized spacial score (nSPS) is 14.4. The molecule has 0 amide bonds. The maximum absolute atomic E-state index is 12.6. The summed E-state index contributed by atoms with van der Waals surface area (Å²) >= 11 is 0. The van der Waals surface area contributed by atoms with Gasteiger partial charge < -0.3 is 25.2 Å². The number of hydrogen-bond donors (Lipinski definition) is 3. The lowest BCUT2D eigenvalue weighted by Gasteiger charge is -2.20. The second-order valence-corrected chi connectivity index (χ2v) is 15.5. The Morgan fingerprint density at radius 3 is 1.57 bits per heavy atom. The fourth-order valence-corrected chi connectivity index (χ4v) is 6.20. The SMILES string of the molecule is CC/C=C/C/C=C/C/C=C/CCCCCCCCCCCC(=O)OCC(COP(=O)(O)OC[C@@H](N)C(=O)O)OC(=O)CC/C=C/C/C=C/CCCCCCCC. The highest BCUT2D eigenvalue weighted by atomic mass is 31.2. The summed E-state index contributed by atoms with van der Waals surface area (Å²) in [5.74, 6) is -2.48. The number of carboxylic acids is 1. The van der Waals surface area contributed by atoms with Crippen molar-refractivity contribution in [3.8, 4) is 0 Å². The third kappa shape index (κ3) is 38.1. The molecule has 322 valence electrons. The van der Waals surface area contributed by atoms with E-state index in [1.54, 1.807) is 0 Å². The zero-order valence-corrected chi connectivity index (χ0v) is 35.6. The molecule has 12 heteroatoms. The van der Waals surface area contributed by atoms with Gasteiger partial charge in [0.05, 0.1) is 13.2 Å². The summed E-state index contributed by atoms with van der Waals surface area (Å²) in [6, 6.07) is -1.53. The predicted molar refractivity (Wildman–Crippen MR) is 226 cm³/mol. The summed E-state index contributed by atoms with van der Waals surface area (Å²) in [5, 5.41) is 8.88. The number of nitrogens with two attached hydrogens (primary N) is 1. The second-order valence-electron chi connectivity index (χ2n) is 14.1. The van der Waals surface area contributed by atoms with Gasteiger partial charge >= 0.3 is 25.7 Å². The Labute approximate surface area is 338 Å². The fraction of sp³-hybridized carbons (Fsp3) is 0.705. The molecule has 0 saturated heterocycles. The molecule has 0 spiro atoms. The van der Waals surface area contributed by atoms with Crippen molar-refractivity contribution in [2.24, 2.45) is 5.73 Å². The van der Waals surface area contributed by atoms with Gasteiger partial charge in [-0.1, -0.05) is 152 Å². The topological polar surface area (TPSA) is 172 Å². The highest BCUT2D eigenvalue weighted by Crippen LogP contribution is 2.43. The van der Waals surface area contributed by atoms with E-state index in [9.17, 15) is 23.8 Å². The number of carboxylic acid groups (broad SMARTS) is 1. The number of esters is 2. The third-order valence-electron chi connectivity index (χ3n) is 8.76. The lowest BCUT2D eigenvalue weighted by molar-refractivity contribution is -0.161. The van der Waals surface area contributed by atoms with Crippen molar-refractivity contribution in [3.63, 3.8) is 0 Å². The van der Waals surface area contributed by atoms with Gasteiger partial charge in [-0.25, -0.2) is 4.57 Å². The minimum atomic E-state index is -4.73. The van der Waals surface area contributed by atoms with Crippen molar-refractivity contribution in [3.05, 3.63) is 60.8 Å². The molecule has 0 aromatic carbocycles. The number of phosphoric ester groups is 1. The van der Waals surface area contributed by atoms with Gasteiger partial charge in [-0.05, 0) is 64.2 Å². The van der Waals surface area contributed by atoms with Crippen LogP contribution in [0, 0.1) is 0 Å². The van der Waals surface area contributed by atoms with Crippen LogP contribution in [0.2, 0.25) is 0 Å². The Hall–Kier alpha value is -2.82. The van der Waals surface area contributed by atoms with Gasteiger partial charge in [0.15, 0.2) is 6.10 Å². The first-order valence-corrected chi connectivity index (χ1v) is 22.8. The number of phosphoric acid groups is 1. The van der Waals surface area contributed by atoms with Gasteiger partial charge in [0.25, 0.3) is 0 Å². The first kappa shape index (κ1) is 53.2. The Balaban J connectivity index is 4.41. The van der Waals surface area contributed by atoms with E-state index >= 15 is 0 Å². The van der Waals surface area contributed by atoms with Gasteiger partial charge in [0, 0.05) is 12.8 Å². The number of unbranched alkanes of at least 4 members (excludes halogenated alkanes) is 15. The molecule has 4 N–H and O–H groups in total. The standard InChI is InChI=1S/C44H76NO10P/c1-3-5-7-9-11-13-15-17-18-19-20-21-22-24-25-27-29-31-33-35-42(46)52-37-40(38-53-56(50,51)54-39-41(45)44(48)49)55-43(47)36-34-32-30-28-26-23-16-14-12-10-8-6-4-2/h5,7,11,13,17-18,23,26,30,32,40-41H,3-4,6,8-10,12,14-16,19-22,24-25,27-29,31,33-39,45H2,1-2H3,(H,48,49)(H,50,51)/b7-5+,13-11+,18-17+,26-23+,32-30+/t40?,41-/m1/s1. The van der Waals surface area contributed by atoms with Gasteiger partial charge in [-0.3, -0.25) is 23.4 Å². The number of aliphatic carboxylic acids is 1. The highest BCUT2D eigenvalue weighted by molar-refractivity contribution is 7.47. The van der Waals surface area contributed by atoms with Crippen LogP contribution in [-0.4, -0.2) is 59.9 Å². The minimum absolute atomic E-state index is 0.0519. The van der Waals surface area contributed by atoms with Crippen LogP contribution in [-0.2, 0) is 37.5 Å². The average molecular weight is 810 g/mol. The van der Waals surface area contributed by atoms with E-state index in [0.29, 0.717) is 12.8 Å². The number of carbonyl (C=O) groups is 3. The molecule has 0 rings (SSSR count). The molecule has 0 aromatic rings. The molecule has 0 aliphatic carbocycles. The van der Waals surface area contributed by atoms with E-state index in [1.807, 2.05) is 12.2 Å². The quantitative estimate of drug-likeness (QED) is 0.0233. The smallest absolute Gasteiger partial charge is 0.472 e. The Morgan fingerprint density at radius 1 is 0.571 bits per heavy atom. The molecule has 0 bridgehead atoms. The Kier molecular flexibility index (Phi) is 37.1. The van der Waals surface area contributed by atoms with Gasteiger partial charge in [0.2, 0.25) is 0 Å². The molecular formula is C44H76NO10P. The van der Waals surface area contributed by atoms with Crippen LogP contribution in [0.1, 0.15) is 168 Å². The van der Waals surface area contributed by atoms with Gasteiger partial charge in [-0.15, -0.1) is 0 Å². The summed E-state index contributed by atoms with van der Waals surface area (Å²) in [4.78, 5) is 45.9. The summed E-state index contributed by atoms with van der Waals surface area (Å²) in [7, 11) is -4.73. The maximum atomic E-state index is 12.6. The zero-order valence-electron chi connectivity index (χ0n) is 34.7. The first-order chi connectivity index (χ1) is 27.1. The Bertz CT molecular complexity index is 1180. The molecule has 0 aliphatic rings. The third-order valence-corrected chi connectivity index (χ3v) is 9.71. The van der Waals surface area contributed by atoms with Crippen molar-refractivity contribution in [2.75, 3.05) is 19.8 Å². The van der Waals surface area contributed by atoms with Crippen molar-refractivity contribution < 1.29 is 47.5 Å². The molecule has 3 atom stereocenters. The fourth-order valence-electron chi connectivity index (χ4n) is 5.43. The number of rotatable bonds is 39. The molecule has 0 saturated carbocycles. The van der Waals surface area contributed by atoms with E-state index in [1.165, 1.54) is 70.6 Å². The molecule has 0 radical (unpaired) electrons. The lowest BCUT2D eigenvalue weighted by atomic mass is 10.1. The van der Waals surface area contributed by atoms with Crippen molar-refractivity contribution in [1.82, 2.24) is 0 Å². The van der Waals surface area contributed by atoms with Crippen LogP contribution in [0.3, 0.4) is 0 Å².